The van der Waals surface area contributed by atoms with E-state index in [0.717, 1.165) is 22.3 Å². The lowest BCUT2D eigenvalue weighted by molar-refractivity contribution is -0.138. The number of aryl methyl sites for hydroxylation is 1. The number of carboxylic acid groups (broad SMARTS) is 1. The van der Waals surface area contributed by atoms with E-state index >= 15 is 0 Å². The highest BCUT2D eigenvalue weighted by Crippen LogP contribution is 2.35. The van der Waals surface area contributed by atoms with Crippen LogP contribution in [0.25, 0.3) is 16.6 Å². The molecule has 166 valence electrons. The molecule has 0 aliphatic carbocycles. The van der Waals surface area contributed by atoms with Gasteiger partial charge in [0.1, 0.15) is 18.8 Å². The van der Waals surface area contributed by atoms with E-state index in [2.05, 4.69) is 10.2 Å². The topological polar surface area (TPSA) is 82.2 Å². The lowest BCUT2D eigenvalue weighted by atomic mass is 10.2. The van der Waals surface area contributed by atoms with Crippen LogP contribution in [-0.4, -0.2) is 30.6 Å². The third-order valence-corrected chi connectivity index (χ3v) is 5.12. The number of hydrogen-bond donors (Lipinski definition) is 1. The van der Waals surface area contributed by atoms with E-state index in [1.165, 1.54) is 10.6 Å². The fourth-order valence-electron chi connectivity index (χ4n) is 3.26. The molecule has 0 unspecified atom stereocenters. The number of alkyl halides is 3. The van der Waals surface area contributed by atoms with Crippen molar-refractivity contribution in [3.8, 4) is 11.6 Å². The first-order valence-electron chi connectivity index (χ1n) is 9.36. The molecule has 4 aromatic rings. The summed E-state index contributed by atoms with van der Waals surface area (Å²) in [6, 6.07) is 12.3. The van der Waals surface area contributed by atoms with Gasteiger partial charge in [-0.3, -0.25) is 4.79 Å². The van der Waals surface area contributed by atoms with Gasteiger partial charge < -0.3 is 14.4 Å². The maximum atomic E-state index is 13.2. The van der Waals surface area contributed by atoms with Crippen LogP contribution in [0.15, 0.2) is 48.5 Å². The first-order valence-corrected chi connectivity index (χ1v) is 9.74. The third-order valence-electron chi connectivity index (χ3n) is 4.79. The summed E-state index contributed by atoms with van der Waals surface area (Å²) in [4.78, 5) is 12.4. The zero-order chi connectivity index (χ0) is 23.0. The number of rotatable bonds is 6. The predicted octanol–water partition coefficient (Wildman–Crippen LogP) is 4.87. The van der Waals surface area contributed by atoms with Crippen LogP contribution < -0.4 is 4.74 Å². The van der Waals surface area contributed by atoms with Crippen molar-refractivity contribution in [2.45, 2.75) is 26.3 Å². The maximum Gasteiger partial charge on any atom is 0.417 e. The molecular formula is C21H16ClF3N4O3. The lowest BCUT2D eigenvalue weighted by Gasteiger charge is -2.10. The van der Waals surface area contributed by atoms with Crippen molar-refractivity contribution < 1.29 is 27.8 Å². The van der Waals surface area contributed by atoms with Gasteiger partial charge in [0.05, 0.1) is 27.5 Å². The minimum atomic E-state index is -4.61. The van der Waals surface area contributed by atoms with Gasteiger partial charge in [0, 0.05) is 11.5 Å². The Kier molecular flexibility index (Phi) is 5.55. The van der Waals surface area contributed by atoms with Gasteiger partial charge in [0.15, 0.2) is 5.88 Å². The van der Waals surface area contributed by atoms with Crippen LogP contribution in [0.3, 0.4) is 0 Å². The van der Waals surface area contributed by atoms with E-state index in [-0.39, 0.29) is 18.8 Å². The largest absolute Gasteiger partial charge is 0.480 e. The Labute approximate surface area is 184 Å². The number of nitrogens with zero attached hydrogens (tertiary/aromatic N) is 4. The van der Waals surface area contributed by atoms with Gasteiger partial charge in [-0.15, -0.1) is 5.10 Å². The molecule has 0 aliphatic rings. The van der Waals surface area contributed by atoms with Crippen molar-refractivity contribution in [1.29, 1.82) is 0 Å². The lowest BCUT2D eigenvalue weighted by Crippen LogP contribution is -2.11. The number of aromatic nitrogens is 4. The van der Waals surface area contributed by atoms with Gasteiger partial charge in [-0.25, -0.2) is 0 Å². The Morgan fingerprint density at radius 2 is 1.91 bits per heavy atom. The van der Waals surface area contributed by atoms with E-state index < -0.39 is 22.7 Å². The smallest absolute Gasteiger partial charge is 0.417 e. The summed E-state index contributed by atoms with van der Waals surface area (Å²) in [5.41, 5.74) is 0.653. The van der Waals surface area contributed by atoms with Gasteiger partial charge in [-0.2, -0.15) is 23.1 Å². The van der Waals surface area contributed by atoms with Gasteiger partial charge >= 0.3 is 12.1 Å². The summed E-state index contributed by atoms with van der Waals surface area (Å²) in [6.45, 7) is 1.30. The molecule has 4 rings (SSSR count). The first kappa shape index (κ1) is 21.7. The predicted molar refractivity (Wildman–Crippen MR) is 110 cm³/mol. The number of carbonyl (C=O) groups is 1. The normalized spacial score (nSPS) is 11.8. The number of carboxylic acids is 1. The molecule has 0 amide bonds. The number of fused-ring (bicyclic) bond motifs is 1. The quantitative estimate of drug-likeness (QED) is 0.440. The monoisotopic (exact) mass is 464 g/mol. The van der Waals surface area contributed by atoms with Crippen LogP contribution in [0.2, 0.25) is 5.02 Å². The Morgan fingerprint density at radius 1 is 1.16 bits per heavy atom. The van der Waals surface area contributed by atoms with E-state index in [1.54, 1.807) is 25.1 Å². The highest BCUT2D eigenvalue weighted by molar-refractivity contribution is 6.31. The van der Waals surface area contributed by atoms with Crippen molar-refractivity contribution in [3.63, 3.8) is 0 Å². The number of hydrogen-bond acceptors (Lipinski definition) is 4. The summed E-state index contributed by atoms with van der Waals surface area (Å²) >= 11 is 5.67. The van der Waals surface area contributed by atoms with Crippen molar-refractivity contribution in [2.24, 2.45) is 0 Å². The van der Waals surface area contributed by atoms with Crippen molar-refractivity contribution in [2.75, 3.05) is 0 Å². The third kappa shape index (κ3) is 4.26. The average Bonchev–Trinajstić information content (AvgIpc) is 3.26. The molecule has 0 saturated carbocycles. The van der Waals surface area contributed by atoms with E-state index in [9.17, 15) is 23.1 Å². The average molecular weight is 465 g/mol. The van der Waals surface area contributed by atoms with Crippen LogP contribution in [-0.2, 0) is 24.1 Å². The second-order valence-electron chi connectivity index (χ2n) is 6.99. The highest BCUT2D eigenvalue weighted by Gasteiger charge is 2.33. The Hall–Kier alpha value is -3.53. The first-order chi connectivity index (χ1) is 15.1. The molecule has 32 heavy (non-hydrogen) atoms. The summed E-state index contributed by atoms with van der Waals surface area (Å²) in [5.74, 6) is -0.699. The molecule has 0 atom stereocenters. The molecule has 0 fully saturated rings. The van der Waals surface area contributed by atoms with Crippen LogP contribution in [0, 0.1) is 6.92 Å². The molecular weight excluding hydrogens is 449 g/mol. The van der Waals surface area contributed by atoms with Crippen LogP contribution >= 0.6 is 11.6 Å². The van der Waals surface area contributed by atoms with Crippen LogP contribution in [0.5, 0.6) is 5.88 Å². The van der Waals surface area contributed by atoms with Crippen LogP contribution in [0.1, 0.15) is 17.0 Å². The fourth-order valence-corrected chi connectivity index (χ4v) is 3.48. The molecule has 0 aliphatic heterocycles. The van der Waals surface area contributed by atoms with Gasteiger partial charge in [0.2, 0.25) is 0 Å². The molecule has 2 aromatic heterocycles. The molecule has 0 bridgehead atoms. The van der Waals surface area contributed by atoms with Gasteiger partial charge in [-0.05, 0) is 31.2 Å². The summed E-state index contributed by atoms with van der Waals surface area (Å²) in [5, 5.41) is 18.0. The van der Waals surface area contributed by atoms with E-state index in [1.807, 2.05) is 12.1 Å². The molecule has 7 nitrogen and oxygen atoms in total. The Bertz CT molecular complexity index is 1310. The zero-order valence-electron chi connectivity index (χ0n) is 16.6. The molecule has 0 saturated heterocycles. The van der Waals surface area contributed by atoms with E-state index in [0.29, 0.717) is 22.8 Å². The second kappa shape index (κ2) is 8.19. The molecule has 11 heteroatoms. The zero-order valence-corrected chi connectivity index (χ0v) is 17.4. The molecule has 0 spiro atoms. The second-order valence-corrected chi connectivity index (χ2v) is 7.40. The standard InChI is InChI=1S/C21H16ClF3N4O3/c1-12-17(27-29(26-12)14-6-7-16(22)15(9-14)21(23,24)25)11-32-19-8-13-4-2-3-5-18(13)28(19)10-20(30)31/h2-9H,10-11H2,1H3,(H,30,31). The number of para-hydroxylation sites is 1. The molecule has 2 heterocycles. The summed E-state index contributed by atoms with van der Waals surface area (Å²) < 4.78 is 46.8. The number of benzene rings is 2. The highest BCUT2D eigenvalue weighted by atomic mass is 35.5. The maximum absolute atomic E-state index is 13.2. The van der Waals surface area contributed by atoms with Crippen molar-refractivity contribution >= 4 is 28.5 Å². The molecule has 0 radical (unpaired) electrons. The van der Waals surface area contributed by atoms with Crippen molar-refractivity contribution in [3.05, 3.63) is 70.5 Å². The van der Waals surface area contributed by atoms with Crippen LogP contribution in [0.4, 0.5) is 13.2 Å². The SMILES string of the molecule is Cc1nn(-c2ccc(Cl)c(C(F)(F)F)c2)nc1COc1cc2ccccc2n1CC(=O)O. The van der Waals surface area contributed by atoms with E-state index in [4.69, 9.17) is 16.3 Å². The molecule has 2 aromatic carbocycles. The molecule has 1 N–H and O–H groups in total. The van der Waals surface area contributed by atoms with Gasteiger partial charge in [0.25, 0.3) is 0 Å². The summed E-state index contributed by atoms with van der Waals surface area (Å²) in [6.07, 6.45) is -4.61. The minimum Gasteiger partial charge on any atom is -0.480 e. The van der Waals surface area contributed by atoms with Crippen molar-refractivity contribution in [1.82, 2.24) is 19.6 Å². The number of aliphatic carboxylic acids is 1. The fraction of sp³-hybridized carbons (Fsp3) is 0.190. The summed E-state index contributed by atoms with van der Waals surface area (Å²) in [7, 11) is 0. The number of ether oxygens (including phenoxy) is 1. The Morgan fingerprint density at radius 3 is 2.62 bits per heavy atom. The minimum absolute atomic E-state index is 0.0541. The Balaban J connectivity index is 1.61. The number of halogens is 4. The van der Waals surface area contributed by atoms with Gasteiger partial charge in [-0.1, -0.05) is 29.8 Å².